The number of halogens is 3. The first-order valence-electron chi connectivity index (χ1n) is 5.34. The van der Waals surface area contributed by atoms with E-state index >= 15 is 0 Å². The van der Waals surface area contributed by atoms with Gasteiger partial charge in [0.25, 0.3) is 0 Å². The summed E-state index contributed by atoms with van der Waals surface area (Å²) < 4.78 is 41.7. The Kier molecular flexibility index (Phi) is 4.95. The van der Waals surface area contributed by atoms with Crippen LogP contribution in [0.5, 0.6) is 0 Å². The third-order valence-corrected chi connectivity index (χ3v) is 2.31. The van der Waals surface area contributed by atoms with E-state index in [-0.39, 0.29) is 12.6 Å². The van der Waals surface area contributed by atoms with Crippen molar-refractivity contribution >= 4 is 0 Å². The molecule has 0 aliphatic carbocycles. The maximum atomic E-state index is 11.8. The van der Waals surface area contributed by atoms with Gasteiger partial charge in [-0.1, -0.05) is 6.92 Å². The van der Waals surface area contributed by atoms with Crippen molar-refractivity contribution in [2.24, 2.45) is 5.73 Å². The minimum atomic E-state index is -4.28. The average molecular weight is 251 g/mol. The van der Waals surface area contributed by atoms with E-state index in [4.69, 9.17) is 5.73 Å². The zero-order valence-electron chi connectivity index (χ0n) is 9.57. The molecular weight excluding hydrogens is 235 g/mol. The molecule has 0 aliphatic heterocycles. The molecular formula is C10H16F3N3O. The Labute approximate surface area is 97.6 Å². The lowest BCUT2D eigenvalue weighted by Crippen LogP contribution is -2.20. The molecule has 0 spiro atoms. The molecule has 1 atom stereocenters. The maximum absolute atomic E-state index is 11.8. The number of hydrogen-bond acceptors (Lipinski definition) is 3. The molecule has 0 saturated heterocycles. The summed E-state index contributed by atoms with van der Waals surface area (Å²) in [5.74, 6) is 0. The molecule has 7 heteroatoms. The Morgan fingerprint density at radius 2 is 2.24 bits per heavy atom. The van der Waals surface area contributed by atoms with E-state index in [1.54, 1.807) is 17.1 Å². The molecule has 0 fully saturated rings. The molecule has 0 saturated carbocycles. The van der Waals surface area contributed by atoms with Crippen LogP contribution in [0.25, 0.3) is 0 Å². The molecule has 1 rings (SSSR count). The topological polar surface area (TPSA) is 53.1 Å². The lowest BCUT2D eigenvalue weighted by atomic mass is 10.2. The van der Waals surface area contributed by atoms with Gasteiger partial charge in [0.1, 0.15) is 6.61 Å². The minimum absolute atomic E-state index is 0.0146. The van der Waals surface area contributed by atoms with Crippen LogP contribution in [0.2, 0.25) is 0 Å². The van der Waals surface area contributed by atoms with Crippen molar-refractivity contribution in [3.8, 4) is 0 Å². The molecule has 2 N–H and O–H groups in total. The Morgan fingerprint density at radius 1 is 1.53 bits per heavy atom. The highest BCUT2D eigenvalue weighted by Crippen LogP contribution is 2.15. The molecule has 0 aliphatic rings. The maximum Gasteiger partial charge on any atom is 0.411 e. The highest BCUT2D eigenvalue weighted by molar-refractivity contribution is 5.04. The van der Waals surface area contributed by atoms with Crippen molar-refractivity contribution in [1.29, 1.82) is 0 Å². The van der Waals surface area contributed by atoms with Crippen LogP contribution in [0.1, 0.15) is 25.1 Å². The van der Waals surface area contributed by atoms with Crippen molar-refractivity contribution in [2.75, 3.05) is 13.2 Å². The fraction of sp³-hybridized carbons (Fsp3) is 0.700. The second kappa shape index (κ2) is 6.02. The van der Waals surface area contributed by atoms with Crippen LogP contribution in [-0.4, -0.2) is 28.9 Å². The first-order valence-corrected chi connectivity index (χ1v) is 5.34. The van der Waals surface area contributed by atoms with Crippen molar-refractivity contribution < 1.29 is 17.9 Å². The number of imidazole rings is 1. The Balaban J connectivity index is 2.39. The molecule has 17 heavy (non-hydrogen) atoms. The lowest BCUT2D eigenvalue weighted by molar-refractivity contribution is -0.174. The molecule has 0 aromatic carbocycles. The standard InChI is InChI=1S/C10H16F3N3O/c1-2-8(14)9-5-15-7-16(9)3-4-17-6-10(11,12)13/h5,7-8H,2-4,6,14H2,1H3/t8-/m1/s1. The third-order valence-electron chi connectivity index (χ3n) is 2.31. The van der Waals surface area contributed by atoms with Gasteiger partial charge in [0, 0.05) is 18.8 Å². The summed E-state index contributed by atoms with van der Waals surface area (Å²) in [6.45, 7) is 1.01. The lowest BCUT2D eigenvalue weighted by Gasteiger charge is -2.13. The fourth-order valence-electron chi connectivity index (χ4n) is 1.39. The summed E-state index contributed by atoms with van der Waals surface area (Å²) in [6.07, 6.45) is -0.369. The molecule has 1 aromatic heterocycles. The predicted octanol–water partition coefficient (Wildman–Crippen LogP) is 1.87. The van der Waals surface area contributed by atoms with Gasteiger partial charge in [-0.05, 0) is 6.42 Å². The van der Waals surface area contributed by atoms with E-state index in [9.17, 15) is 13.2 Å². The van der Waals surface area contributed by atoms with E-state index < -0.39 is 12.8 Å². The normalized spacial score (nSPS) is 13.9. The second-order valence-electron chi connectivity index (χ2n) is 3.69. The number of rotatable bonds is 6. The summed E-state index contributed by atoms with van der Waals surface area (Å²) in [5, 5.41) is 0. The minimum Gasteiger partial charge on any atom is -0.370 e. The summed E-state index contributed by atoms with van der Waals surface area (Å²) in [4.78, 5) is 3.92. The van der Waals surface area contributed by atoms with Crippen LogP contribution in [0.15, 0.2) is 12.5 Å². The van der Waals surface area contributed by atoms with E-state index in [0.717, 1.165) is 12.1 Å². The molecule has 1 heterocycles. The van der Waals surface area contributed by atoms with Crippen LogP contribution >= 0.6 is 0 Å². The van der Waals surface area contributed by atoms with E-state index in [0.29, 0.717) is 6.54 Å². The quantitative estimate of drug-likeness (QED) is 0.785. The number of hydrogen-bond donors (Lipinski definition) is 1. The number of aromatic nitrogens is 2. The van der Waals surface area contributed by atoms with E-state index in [1.165, 1.54) is 0 Å². The Hall–Kier alpha value is -1.08. The zero-order chi connectivity index (χ0) is 12.9. The van der Waals surface area contributed by atoms with Crippen LogP contribution in [-0.2, 0) is 11.3 Å². The predicted molar refractivity (Wildman–Crippen MR) is 56.3 cm³/mol. The van der Waals surface area contributed by atoms with Gasteiger partial charge in [-0.2, -0.15) is 13.2 Å². The van der Waals surface area contributed by atoms with Crippen molar-refractivity contribution in [3.63, 3.8) is 0 Å². The summed E-state index contributed by atoms with van der Waals surface area (Å²) in [6, 6.07) is -0.153. The van der Waals surface area contributed by atoms with Gasteiger partial charge in [0.2, 0.25) is 0 Å². The summed E-state index contributed by atoms with van der Waals surface area (Å²) >= 11 is 0. The first kappa shape index (κ1) is 14.0. The number of ether oxygens (including phenoxy) is 1. The van der Waals surface area contributed by atoms with Crippen molar-refractivity contribution in [3.05, 3.63) is 18.2 Å². The number of nitrogens with zero attached hydrogens (tertiary/aromatic N) is 2. The Morgan fingerprint density at radius 3 is 2.82 bits per heavy atom. The van der Waals surface area contributed by atoms with Crippen LogP contribution in [0.3, 0.4) is 0 Å². The van der Waals surface area contributed by atoms with Crippen LogP contribution in [0, 0.1) is 0 Å². The fourth-order valence-corrected chi connectivity index (χ4v) is 1.39. The highest BCUT2D eigenvalue weighted by Gasteiger charge is 2.27. The molecule has 98 valence electrons. The number of alkyl halides is 3. The molecule has 1 aromatic rings. The first-order chi connectivity index (χ1) is 7.94. The van der Waals surface area contributed by atoms with Crippen molar-refractivity contribution in [1.82, 2.24) is 9.55 Å². The molecule has 0 radical (unpaired) electrons. The SMILES string of the molecule is CC[C@@H](N)c1cncn1CCOCC(F)(F)F. The highest BCUT2D eigenvalue weighted by atomic mass is 19.4. The molecule has 0 amide bonds. The molecule has 0 unspecified atom stereocenters. The largest absolute Gasteiger partial charge is 0.411 e. The van der Waals surface area contributed by atoms with Gasteiger partial charge in [0.15, 0.2) is 0 Å². The average Bonchev–Trinajstić information content (AvgIpc) is 2.70. The Bertz CT molecular complexity index is 338. The van der Waals surface area contributed by atoms with Gasteiger partial charge in [-0.15, -0.1) is 0 Å². The zero-order valence-corrected chi connectivity index (χ0v) is 9.57. The summed E-state index contributed by atoms with van der Waals surface area (Å²) in [5.41, 5.74) is 6.64. The van der Waals surface area contributed by atoms with Gasteiger partial charge in [-0.3, -0.25) is 0 Å². The van der Waals surface area contributed by atoms with E-state index in [2.05, 4.69) is 9.72 Å². The number of nitrogens with two attached hydrogens (primary N) is 1. The monoisotopic (exact) mass is 251 g/mol. The second-order valence-corrected chi connectivity index (χ2v) is 3.69. The van der Waals surface area contributed by atoms with Crippen LogP contribution < -0.4 is 5.73 Å². The van der Waals surface area contributed by atoms with Gasteiger partial charge in [-0.25, -0.2) is 4.98 Å². The third kappa shape index (κ3) is 4.74. The molecule has 4 nitrogen and oxygen atoms in total. The van der Waals surface area contributed by atoms with Gasteiger partial charge in [0.05, 0.1) is 18.6 Å². The van der Waals surface area contributed by atoms with Gasteiger partial charge < -0.3 is 15.0 Å². The van der Waals surface area contributed by atoms with E-state index in [1.807, 2.05) is 6.92 Å². The van der Waals surface area contributed by atoms with Crippen molar-refractivity contribution in [2.45, 2.75) is 32.1 Å². The van der Waals surface area contributed by atoms with Gasteiger partial charge >= 0.3 is 6.18 Å². The summed E-state index contributed by atoms with van der Waals surface area (Å²) in [7, 11) is 0. The van der Waals surface area contributed by atoms with Crippen LogP contribution in [0.4, 0.5) is 13.2 Å². The smallest absolute Gasteiger partial charge is 0.370 e. The molecule has 0 bridgehead atoms.